The second kappa shape index (κ2) is 5.41. The number of nitrogens with zero attached hydrogens (tertiary/aromatic N) is 1. The highest BCUT2D eigenvalue weighted by molar-refractivity contribution is 5.37. The van der Waals surface area contributed by atoms with Crippen LogP contribution in [0.1, 0.15) is 36.6 Å². The van der Waals surface area contributed by atoms with Gasteiger partial charge in [-0.25, -0.2) is 0 Å². The van der Waals surface area contributed by atoms with Crippen molar-refractivity contribution in [2.24, 2.45) is 0 Å². The third-order valence-electron chi connectivity index (χ3n) is 3.62. The number of pyridine rings is 1. The van der Waals surface area contributed by atoms with Crippen LogP contribution in [0.25, 0.3) is 0 Å². The average Bonchev–Trinajstić information content (AvgIpc) is 2.48. The molecule has 2 heterocycles. The molecule has 2 aromatic rings. The first-order valence-electron chi connectivity index (χ1n) is 6.72. The molecular weight excluding hydrogens is 236 g/mol. The fraction of sp³-hybridized carbons (Fsp3) is 0.312. The molecule has 0 saturated carbocycles. The Morgan fingerprint density at radius 2 is 2.00 bits per heavy atom. The molecule has 3 nitrogen and oxygen atoms in total. The Balaban J connectivity index is 1.78. The van der Waals surface area contributed by atoms with Crippen LogP contribution >= 0.6 is 0 Å². The zero-order valence-corrected chi connectivity index (χ0v) is 11.0. The molecule has 0 aliphatic carbocycles. The van der Waals surface area contributed by atoms with Crippen molar-refractivity contribution in [2.45, 2.75) is 25.4 Å². The molecule has 0 bridgehead atoms. The van der Waals surface area contributed by atoms with E-state index in [0.29, 0.717) is 12.1 Å². The van der Waals surface area contributed by atoms with E-state index >= 15 is 0 Å². The Hall–Kier alpha value is -1.87. The summed E-state index contributed by atoms with van der Waals surface area (Å²) in [7, 11) is 0. The van der Waals surface area contributed by atoms with Crippen LogP contribution in [0.3, 0.4) is 0 Å². The van der Waals surface area contributed by atoms with Crippen molar-refractivity contribution in [2.75, 3.05) is 6.61 Å². The Labute approximate surface area is 113 Å². The predicted octanol–water partition coefficient (Wildman–Crippen LogP) is 3.26. The molecule has 3 rings (SSSR count). The normalized spacial score (nSPS) is 19.3. The number of fused-ring (bicyclic) bond motifs is 1. The van der Waals surface area contributed by atoms with E-state index in [4.69, 9.17) is 4.74 Å². The van der Waals surface area contributed by atoms with Crippen molar-refractivity contribution in [3.8, 4) is 5.75 Å². The van der Waals surface area contributed by atoms with Crippen LogP contribution in [0, 0.1) is 0 Å². The summed E-state index contributed by atoms with van der Waals surface area (Å²) in [5, 5.41) is 3.68. The first kappa shape index (κ1) is 12.2. The minimum absolute atomic E-state index is 0.305. The molecular formula is C16H18N2O. The summed E-state index contributed by atoms with van der Waals surface area (Å²) < 4.78 is 5.69. The molecule has 98 valence electrons. The Morgan fingerprint density at radius 1 is 1.21 bits per heavy atom. The largest absolute Gasteiger partial charge is 0.493 e. The van der Waals surface area contributed by atoms with Crippen LogP contribution in [-0.2, 0) is 0 Å². The molecule has 1 aliphatic rings. The van der Waals surface area contributed by atoms with Gasteiger partial charge >= 0.3 is 0 Å². The second-order valence-electron chi connectivity index (χ2n) is 4.90. The van der Waals surface area contributed by atoms with Gasteiger partial charge in [0.05, 0.1) is 6.61 Å². The van der Waals surface area contributed by atoms with Gasteiger partial charge in [0, 0.05) is 36.5 Å². The molecule has 0 spiro atoms. The van der Waals surface area contributed by atoms with Crippen molar-refractivity contribution in [1.29, 1.82) is 0 Å². The molecule has 3 heteroatoms. The zero-order valence-electron chi connectivity index (χ0n) is 11.0. The molecule has 0 saturated heterocycles. The van der Waals surface area contributed by atoms with Crippen LogP contribution in [0.4, 0.5) is 0 Å². The van der Waals surface area contributed by atoms with Crippen LogP contribution in [-0.4, -0.2) is 11.6 Å². The standard InChI is InChI=1S/C16H18N2O/c1-12(13-6-9-17-10-7-13)18-15-8-11-19-16-5-3-2-4-14(15)16/h2-7,9-10,12,15,18H,8,11H2,1H3. The molecule has 0 radical (unpaired) electrons. The van der Waals surface area contributed by atoms with Crippen LogP contribution < -0.4 is 10.1 Å². The lowest BCUT2D eigenvalue weighted by molar-refractivity contribution is 0.246. The molecule has 1 aromatic heterocycles. The van der Waals surface area contributed by atoms with Crippen molar-refractivity contribution < 1.29 is 4.74 Å². The van der Waals surface area contributed by atoms with Crippen LogP contribution in [0.2, 0.25) is 0 Å². The highest BCUT2D eigenvalue weighted by Gasteiger charge is 2.22. The van der Waals surface area contributed by atoms with Gasteiger partial charge in [0.15, 0.2) is 0 Å². The van der Waals surface area contributed by atoms with Crippen LogP contribution in [0.15, 0.2) is 48.8 Å². The summed E-state index contributed by atoms with van der Waals surface area (Å²) in [6, 6.07) is 13.1. The van der Waals surface area contributed by atoms with Gasteiger partial charge in [-0.05, 0) is 30.7 Å². The van der Waals surface area contributed by atoms with Gasteiger partial charge in [-0.15, -0.1) is 0 Å². The number of para-hydroxylation sites is 1. The predicted molar refractivity (Wildman–Crippen MR) is 75.1 cm³/mol. The number of rotatable bonds is 3. The average molecular weight is 254 g/mol. The summed E-state index contributed by atoms with van der Waals surface area (Å²) >= 11 is 0. The monoisotopic (exact) mass is 254 g/mol. The molecule has 2 atom stereocenters. The Bertz CT molecular complexity index is 541. The highest BCUT2D eigenvalue weighted by Crippen LogP contribution is 2.33. The molecule has 0 fully saturated rings. The molecule has 1 N–H and O–H groups in total. The van der Waals surface area contributed by atoms with Crippen molar-refractivity contribution in [1.82, 2.24) is 10.3 Å². The van der Waals surface area contributed by atoms with E-state index in [1.54, 1.807) is 0 Å². The molecule has 1 aliphatic heterocycles. The van der Waals surface area contributed by atoms with Gasteiger partial charge in [0.1, 0.15) is 5.75 Å². The van der Waals surface area contributed by atoms with E-state index in [1.807, 2.05) is 24.5 Å². The molecule has 1 aromatic carbocycles. The van der Waals surface area contributed by atoms with E-state index < -0.39 is 0 Å². The number of hydrogen-bond acceptors (Lipinski definition) is 3. The van der Waals surface area contributed by atoms with Gasteiger partial charge in [-0.2, -0.15) is 0 Å². The maximum Gasteiger partial charge on any atom is 0.124 e. The van der Waals surface area contributed by atoms with Gasteiger partial charge in [-0.3, -0.25) is 4.98 Å². The lowest BCUT2D eigenvalue weighted by Gasteiger charge is -2.29. The topological polar surface area (TPSA) is 34.1 Å². The van der Waals surface area contributed by atoms with E-state index in [2.05, 4.69) is 41.5 Å². The minimum atomic E-state index is 0.305. The Morgan fingerprint density at radius 3 is 2.84 bits per heavy atom. The summed E-state index contributed by atoms with van der Waals surface area (Å²) in [5.74, 6) is 1.01. The number of benzene rings is 1. The zero-order chi connectivity index (χ0) is 13.1. The number of hydrogen-bond donors (Lipinski definition) is 1. The van der Waals surface area contributed by atoms with E-state index in [1.165, 1.54) is 11.1 Å². The van der Waals surface area contributed by atoms with Gasteiger partial charge < -0.3 is 10.1 Å². The van der Waals surface area contributed by atoms with Gasteiger partial charge in [0.25, 0.3) is 0 Å². The summed E-state index contributed by atoms with van der Waals surface area (Å²) in [6.45, 7) is 2.96. The fourth-order valence-electron chi connectivity index (χ4n) is 2.57. The van der Waals surface area contributed by atoms with Gasteiger partial charge in [0.2, 0.25) is 0 Å². The van der Waals surface area contributed by atoms with E-state index in [-0.39, 0.29) is 0 Å². The van der Waals surface area contributed by atoms with E-state index in [9.17, 15) is 0 Å². The summed E-state index contributed by atoms with van der Waals surface area (Å²) in [4.78, 5) is 4.06. The molecule has 2 unspecified atom stereocenters. The van der Waals surface area contributed by atoms with Crippen molar-refractivity contribution >= 4 is 0 Å². The molecule has 0 amide bonds. The highest BCUT2D eigenvalue weighted by atomic mass is 16.5. The maximum atomic E-state index is 5.69. The quantitative estimate of drug-likeness (QED) is 0.913. The Kier molecular flexibility index (Phi) is 3.47. The lowest BCUT2D eigenvalue weighted by Crippen LogP contribution is -2.29. The van der Waals surface area contributed by atoms with E-state index in [0.717, 1.165) is 18.8 Å². The number of aromatic nitrogens is 1. The fourth-order valence-corrected chi connectivity index (χ4v) is 2.57. The molecule has 19 heavy (non-hydrogen) atoms. The SMILES string of the molecule is CC(NC1CCOc2ccccc21)c1ccncc1. The summed E-state index contributed by atoms with van der Waals surface area (Å²) in [6.07, 6.45) is 4.68. The number of ether oxygens (including phenoxy) is 1. The van der Waals surface area contributed by atoms with Gasteiger partial charge in [-0.1, -0.05) is 18.2 Å². The third kappa shape index (κ3) is 2.61. The smallest absolute Gasteiger partial charge is 0.124 e. The minimum Gasteiger partial charge on any atom is -0.493 e. The van der Waals surface area contributed by atoms with Crippen molar-refractivity contribution in [3.05, 3.63) is 59.9 Å². The van der Waals surface area contributed by atoms with Crippen molar-refractivity contribution in [3.63, 3.8) is 0 Å². The lowest BCUT2D eigenvalue weighted by atomic mass is 9.98. The summed E-state index contributed by atoms with van der Waals surface area (Å²) in [5.41, 5.74) is 2.52. The number of nitrogens with one attached hydrogen (secondary N) is 1. The van der Waals surface area contributed by atoms with Crippen LogP contribution in [0.5, 0.6) is 5.75 Å². The first-order chi connectivity index (χ1) is 9.34. The maximum absolute atomic E-state index is 5.69. The third-order valence-corrected chi connectivity index (χ3v) is 3.62. The first-order valence-corrected chi connectivity index (χ1v) is 6.72. The second-order valence-corrected chi connectivity index (χ2v) is 4.90.